The molecule has 1 aromatic heterocycles. The number of piperidine rings is 1. The first kappa shape index (κ1) is 16.2. The highest BCUT2D eigenvalue weighted by Crippen LogP contribution is 2.29. The van der Waals surface area contributed by atoms with Crippen LogP contribution in [0.5, 0.6) is 0 Å². The fraction of sp³-hybridized carbons (Fsp3) is 0.733. The summed E-state index contributed by atoms with van der Waals surface area (Å²) in [7, 11) is 0. The van der Waals surface area contributed by atoms with Crippen molar-refractivity contribution in [1.82, 2.24) is 4.98 Å². The van der Waals surface area contributed by atoms with Gasteiger partial charge in [-0.05, 0) is 33.1 Å². The van der Waals surface area contributed by atoms with Crippen molar-refractivity contribution in [3.8, 4) is 0 Å². The van der Waals surface area contributed by atoms with Crippen LogP contribution < -0.4 is 4.90 Å². The van der Waals surface area contributed by atoms with Crippen molar-refractivity contribution in [1.29, 1.82) is 0 Å². The molecule has 0 bridgehead atoms. The number of anilines is 1. The normalized spacial score (nSPS) is 18.8. The summed E-state index contributed by atoms with van der Waals surface area (Å²) in [5.74, 6) is -0.326. The van der Waals surface area contributed by atoms with E-state index < -0.39 is 0 Å². The average molecular weight is 312 g/mol. The Kier molecular flexibility index (Phi) is 5.99. The molecule has 1 saturated heterocycles. The minimum Gasteiger partial charge on any atom is -0.461 e. The molecule has 0 amide bonds. The van der Waals surface area contributed by atoms with Crippen molar-refractivity contribution in [3.05, 3.63) is 10.6 Å². The standard InChI is InChI=1S/C15H24N2O3S/c1-4-9-20-12-7-6-8-17(10-12)15-16-13(11(3)21-15)14(18)19-5-2/h12H,4-10H2,1-3H3. The maximum Gasteiger partial charge on any atom is 0.358 e. The maximum absolute atomic E-state index is 11.8. The molecule has 0 N–H and O–H groups in total. The zero-order valence-corrected chi connectivity index (χ0v) is 13.9. The van der Waals surface area contributed by atoms with E-state index in [0.717, 1.165) is 49.0 Å². The number of aryl methyl sites for hydroxylation is 1. The third kappa shape index (κ3) is 4.17. The largest absolute Gasteiger partial charge is 0.461 e. The zero-order chi connectivity index (χ0) is 15.2. The Morgan fingerprint density at radius 3 is 3.00 bits per heavy atom. The van der Waals surface area contributed by atoms with Crippen LogP contribution in [0.2, 0.25) is 0 Å². The summed E-state index contributed by atoms with van der Waals surface area (Å²) in [4.78, 5) is 19.5. The molecule has 0 spiro atoms. The molecular weight excluding hydrogens is 288 g/mol. The number of ether oxygens (including phenoxy) is 2. The van der Waals surface area contributed by atoms with Crippen molar-refractivity contribution in [2.45, 2.75) is 46.1 Å². The smallest absolute Gasteiger partial charge is 0.358 e. The molecule has 1 aliphatic heterocycles. The van der Waals surface area contributed by atoms with Gasteiger partial charge in [0.25, 0.3) is 0 Å². The number of thiazole rings is 1. The van der Waals surface area contributed by atoms with Gasteiger partial charge in [-0.1, -0.05) is 6.92 Å². The van der Waals surface area contributed by atoms with Crippen molar-refractivity contribution in [3.63, 3.8) is 0 Å². The van der Waals surface area contributed by atoms with Gasteiger partial charge in [-0.15, -0.1) is 11.3 Å². The number of aromatic nitrogens is 1. The van der Waals surface area contributed by atoms with Gasteiger partial charge in [-0.25, -0.2) is 9.78 Å². The average Bonchev–Trinajstić information content (AvgIpc) is 2.88. The van der Waals surface area contributed by atoms with E-state index >= 15 is 0 Å². The number of carbonyl (C=O) groups is 1. The van der Waals surface area contributed by atoms with Crippen LogP contribution in [0.3, 0.4) is 0 Å². The van der Waals surface area contributed by atoms with Crippen LogP contribution in [-0.4, -0.2) is 43.4 Å². The second-order valence-corrected chi connectivity index (χ2v) is 6.38. The summed E-state index contributed by atoms with van der Waals surface area (Å²) < 4.78 is 10.9. The third-order valence-electron chi connectivity index (χ3n) is 3.46. The molecule has 2 rings (SSSR count). The monoisotopic (exact) mass is 312 g/mol. The summed E-state index contributed by atoms with van der Waals surface area (Å²) in [6.07, 6.45) is 3.52. The summed E-state index contributed by atoms with van der Waals surface area (Å²) in [5.41, 5.74) is 0.452. The SMILES string of the molecule is CCCOC1CCCN(c2nc(C(=O)OCC)c(C)s2)C1. The molecule has 0 aliphatic carbocycles. The predicted octanol–water partition coefficient (Wildman–Crippen LogP) is 3.02. The minimum absolute atomic E-state index is 0.272. The van der Waals surface area contributed by atoms with Gasteiger partial charge < -0.3 is 14.4 Å². The second-order valence-electron chi connectivity index (χ2n) is 5.20. The van der Waals surface area contributed by atoms with Crippen LogP contribution in [0.15, 0.2) is 0 Å². The Labute approximate surface area is 130 Å². The summed E-state index contributed by atoms with van der Waals surface area (Å²) in [5, 5.41) is 0.903. The van der Waals surface area contributed by atoms with Crippen molar-refractivity contribution < 1.29 is 14.3 Å². The molecule has 1 fully saturated rings. The molecule has 1 atom stereocenters. The summed E-state index contributed by atoms with van der Waals surface area (Å²) in [6.45, 7) is 8.86. The van der Waals surface area contributed by atoms with E-state index in [4.69, 9.17) is 9.47 Å². The minimum atomic E-state index is -0.326. The van der Waals surface area contributed by atoms with Gasteiger partial charge in [-0.2, -0.15) is 0 Å². The number of nitrogens with zero attached hydrogens (tertiary/aromatic N) is 2. The fourth-order valence-corrected chi connectivity index (χ4v) is 3.37. The molecule has 1 unspecified atom stereocenters. The highest BCUT2D eigenvalue weighted by Gasteiger charge is 2.25. The third-order valence-corrected chi connectivity index (χ3v) is 4.49. The zero-order valence-electron chi connectivity index (χ0n) is 13.1. The van der Waals surface area contributed by atoms with Gasteiger partial charge in [0.05, 0.1) is 12.7 Å². The van der Waals surface area contributed by atoms with Crippen LogP contribution in [-0.2, 0) is 9.47 Å². The molecule has 2 heterocycles. The Morgan fingerprint density at radius 1 is 1.48 bits per heavy atom. The topological polar surface area (TPSA) is 51.7 Å². The lowest BCUT2D eigenvalue weighted by molar-refractivity contribution is 0.0440. The Bertz CT molecular complexity index is 475. The Morgan fingerprint density at radius 2 is 2.29 bits per heavy atom. The summed E-state index contributed by atoms with van der Waals surface area (Å²) in [6, 6.07) is 0. The molecule has 0 radical (unpaired) electrons. The highest BCUT2D eigenvalue weighted by molar-refractivity contribution is 7.15. The van der Waals surface area contributed by atoms with Gasteiger partial charge in [-0.3, -0.25) is 0 Å². The van der Waals surface area contributed by atoms with Gasteiger partial charge in [0.1, 0.15) is 0 Å². The molecule has 5 nitrogen and oxygen atoms in total. The quantitative estimate of drug-likeness (QED) is 0.756. The van der Waals surface area contributed by atoms with Gasteiger partial charge in [0.2, 0.25) is 0 Å². The van der Waals surface area contributed by atoms with Crippen molar-refractivity contribution in [2.75, 3.05) is 31.2 Å². The molecule has 118 valence electrons. The van der Waals surface area contributed by atoms with Crippen LogP contribution in [0.1, 0.15) is 48.5 Å². The van der Waals surface area contributed by atoms with E-state index in [-0.39, 0.29) is 12.1 Å². The first-order chi connectivity index (χ1) is 10.2. The lowest BCUT2D eigenvalue weighted by Gasteiger charge is -2.32. The van der Waals surface area contributed by atoms with Gasteiger partial charge >= 0.3 is 5.97 Å². The van der Waals surface area contributed by atoms with E-state index in [2.05, 4.69) is 16.8 Å². The van der Waals surface area contributed by atoms with E-state index in [1.165, 1.54) is 0 Å². The number of rotatable bonds is 6. The Hall–Kier alpha value is -1.14. The van der Waals surface area contributed by atoms with Crippen LogP contribution in [0.25, 0.3) is 0 Å². The number of carbonyl (C=O) groups excluding carboxylic acids is 1. The van der Waals surface area contributed by atoms with E-state index in [1.807, 2.05) is 6.92 Å². The summed E-state index contributed by atoms with van der Waals surface area (Å²) >= 11 is 1.56. The van der Waals surface area contributed by atoms with Crippen LogP contribution >= 0.6 is 11.3 Å². The highest BCUT2D eigenvalue weighted by atomic mass is 32.1. The molecule has 6 heteroatoms. The first-order valence-electron chi connectivity index (χ1n) is 7.66. The molecular formula is C15H24N2O3S. The van der Waals surface area contributed by atoms with Gasteiger partial charge in [0, 0.05) is 24.6 Å². The van der Waals surface area contributed by atoms with E-state index in [1.54, 1.807) is 18.3 Å². The molecule has 21 heavy (non-hydrogen) atoms. The van der Waals surface area contributed by atoms with E-state index in [0.29, 0.717) is 12.3 Å². The number of esters is 1. The number of hydrogen-bond acceptors (Lipinski definition) is 6. The molecule has 1 aliphatic rings. The second kappa shape index (κ2) is 7.75. The Balaban J connectivity index is 2.04. The number of hydrogen-bond donors (Lipinski definition) is 0. The molecule has 1 aromatic rings. The molecule has 0 aromatic carbocycles. The van der Waals surface area contributed by atoms with Crippen LogP contribution in [0, 0.1) is 6.92 Å². The first-order valence-corrected chi connectivity index (χ1v) is 8.48. The lowest BCUT2D eigenvalue weighted by Crippen LogP contribution is -2.39. The van der Waals surface area contributed by atoms with Crippen molar-refractivity contribution in [2.24, 2.45) is 0 Å². The van der Waals surface area contributed by atoms with Gasteiger partial charge in [0.15, 0.2) is 10.8 Å². The van der Waals surface area contributed by atoms with E-state index in [9.17, 15) is 4.79 Å². The predicted molar refractivity (Wildman–Crippen MR) is 84.3 cm³/mol. The van der Waals surface area contributed by atoms with Crippen LogP contribution in [0.4, 0.5) is 5.13 Å². The maximum atomic E-state index is 11.8. The molecule has 0 saturated carbocycles. The fourth-order valence-electron chi connectivity index (χ4n) is 2.44. The van der Waals surface area contributed by atoms with Crippen molar-refractivity contribution >= 4 is 22.4 Å². The lowest BCUT2D eigenvalue weighted by atomic mass is 10.1.